The van der Waals surface area contributed by atoms with Crippen molar-refractivity contribution in [2.24, 2.45) is 0 Å². The van der Waals surface area contributed by atoms with Crippen LogP contribution in [-0.4, -0.2) is 29.8 Å². The van der Waals surface area contributed by atoms with Crippen LogP contribution in [0.2, 0.25) is 0 Å². The van der Waals surface area contributed by atoms with Crippen molar-refractivity contribution in [1.82, 2.24) is 14.9 Å². The molecule has 2 aromatic rings. The number of nitrogens with zero attached hydrogens (tertiary/aromatic N) is 1. The molecular weight excluding hydrogens is 282 g/mol. The smallest absolute Gasteiger partial charge is 0.244 e. The van der Waals surface area contributed by atoms with Crippen LogP contribution in [0.5, 0.6) is 0 Å². The van der Waals surface area contributed by atoms with E-state index in [1.807, 2.05) is 0 Å². The molecule has 8 heteroatoms. The van der Waals surface area contributed by atoms with E-state index in [9.17, 15) is 8.42 Å². The lowest BCUT2D eigenvalue weighted by Gasteiger charge is -2.13. The highest BCUT2D eigenvalue weighted by molar-refractivity contribution is 7.89. The third kappa shape index (κ3) is 3.09. The third-order valence-corrected chi connectivity index (χ3v) is 4.62. The summed E-state index contributed by atoms with van der Waals surface area (Å²) in [6.07, 6.45) is 1.98. The molecule has 0 bridgehead atoms. The minimum absolute atomic E-state index is 0.00583. The van der Waals surface area contributed by atoms with Crippen molar-refractivity contribution in [3.05, 3.63) is 35.5 Å². The maximum Gasteiger partial charge on any atom is 0.244 e. The molecule has 0 fully saturated rings. The Kier molecular flexibility index (Phi) is 4.26. The number of H-pyrrole nitrogens is 1. The second-order valence-electron chi connectivity index (χ2n) is 4.59. The molecule has 0 radical (unpaired) electrons. The van der Waals surface area contributed by atoms with E-state index in [1.54, 1.807) is 32.2 Å². The maximum absolute atomic E-state index is 12.3. The van der Waals surface area contributed by atoms with Gasteiger partial charge in [-0.2, -0.15) is 5.10 Å². The Labute approximate surface area is 117 Å². The molecule has 0 saturated carbocycles. The molecule has 0 amide bonds. The van der Waals surface area contributed by atoms with Gasteiger partial charge in [-0.15, -0.1) is 0 Å². The zero-order valence-electron chi connectivity index (χ0n) is 11.3. The van der Waals surface area contributed by atoms with Crippen molar-refractivity contribution in [2.75, 3.05) is 0 Å². The van der Waals surface area contributed by atoms with E-state index in [2.05, 4.69) is 14.9 Å². The molecule has 0 aliphatic carbocycles. The summed E-state index contributed by atoms with van der Waals surface area (Å²) >= 11 is 0. The normalized spacial score (nSPS) is 13.6. The molecule has 2 heterocycles. The van der Waals surface area contributed by atoms with E-state index in [1.165, 1.54) is 0 Å². The minimum atomic E-state index is -3.74. The van der Waals surface area contributed by atoms with Gasteiger partial charge >= 0.3 is 0 Å². The standard InChI is InChI=1S/C12H17N3O4S/c1-8(6-10-4-3-5-19-10)15-20(17,18)12-9(2)13-14-11(12)7-16/h3-5,8,15-16H,6-7H2,1-2H3,(H,13,14). The monoisotopic (exact) mass is 299 g/mol. The molecule has 1 atom stereocenters. The summed E-state index contributed by atoms with van der Waals surface area (Å²) in [6, 6.07) is 3.19. The Morgan fingerprint density at radius 1 is 1.55 bits per heavy atom. The molecule has 1 unspecified atom stereocenters. The zero-order chi connectivity index (χ0) is 14.8. The van der Waals surface area contributed by atoms with Gasteiger partial charge in [0.05, 0.1) is 18.6 Å². The lowest BCUT2D eigenvalue weighted by molar-refractivity contribution is 0.273. The van der Waals surface area contributed by atoms with Crippen LogP contribution >= 0.6 is 0 Å². The molecule has 0 aromatic carbocycles. The average molecular weight is 299 g/mol. The minimum Gasteiger partial charge on any atom is -0.469 e. The van der Waals surface area contributed by atoms with Gasteiger partial charge in [-0.3, -0.25) is 5.10 Å². The zero-order valence-corrected chi connectivity index (χ0v) is 12.1. The summed E-state index contributed by atoms with van der Waals surface area (Å²) in [5, 5.41) is 15.5. The number of aryl methyl sites for hydroxylation is 1. The Hall–Kier alpha value is -1.64. The summed E-state index contributed by atoms with van der Waals surface area (Å²) < 4.78 is 32.4. The van der Waals surface area contributed by atoms with Gasteiger partial charge in [0, 0.05) is 12.5 Å². The maximum atomic E-state index is 12.3. The summed E-state index contributed by atoms with van der Waals surface area (Å²) in [4.78, 5) is 0.00583. The van der Waals surface area contributed by atoms with Gasteiger partial charge < -0.3 is 9.52 Å². The molecule has 20 heavy (non-hydrogen) atoms. The number of hydrogen-bond donors (Lipinski definition) is 3. The molecule has 3 N–H and O–H groups in total. The lowest BCUT2D eigenvalue weighted by atomic mass is 10.2. The van der Waals surface area contributed by atoms with Crippen LogP contribution in [0.15, 0.2) is 27.7 Å². The predicted octanol–water partition coefficient (Wildman–Crippen LogP) is 0.713. The SMILES string of the molecule is Cc1[nH]nc(CO)c1S(=O)(=O)NC(C)Cc1ccco1. The van der Waals surface area contributed by atoms with Crippen molar-refractivity contribution in [2.45, 2.75) is 37.8 Å². The Balaban J connectivity index is 2.16. The molecular formula is C12H17N3O4S. The molecule has 7 nitrogen and oxygen atoms in total. The lowest BCUT2D eigenvalue weighted by Crippen LogP contribution is -2.34. The molecule has 2 rings (SSSR count). The second-order valence-corrected chi connectivity index (χ2v) is 6.24. The quantitative estimate of drug-likeness (QED) is 0.728. The van der Waals surface area contributed by atoms with E-state index in [0.29, 0.717) is 17.9 Å². The highest BCUT2D eigenvalue weighted by Crippen LogP contribution is 2.18. The van der Waals surface area contributed by atoms with Crippen LogP contribution in [0.1, 0.15) is 24.1 Å². The topological polar surface area (TPSA) is 108 Å². The van der Waals surface area contributed by atoms with Crippen LogP contribution in [0, 0.1) is 6.92 Å². The fourth-order valence-electron chi connectivity index (χ4n) is 2.03. The van der Waals surface area contributed by atoms with E-state index in [-0.39, 0.29) is 16.6 Å². The van der Waals surface area contributed by atoms with Crippen molar-refractivity contribution >= 4 is 10.0 Å². The van der Waals surface area contributed by atoms with Crippen LogP contribution < -0.4 is 4.72 Å². The van der Waals surface area contributed by atoms with Crippen molar-refractivity contribution < 1.29 is 17.9 Å². The number of nitrogens with one attached hydrogen (secondary N) is 2. The van der Waals surface area contributed by atoms with Crippen molar-refractivity contribution in [3.8, 4) is 0 Å². The first-order chi connectivity index (χ1) is 9.44. The van der Waals surface area contributed by atoms with Gasteiger partial charge in [0.25, 0.3) is 0 Å². The molecule has 2 aromatic heterocycles. The molecule has 0 aliphatic rings. The Morgan fingerprint density at radius 2 is 2.30 bits per heavy atom. The van der Waals surface area contributed by atoms with E-state index < -0.39 is 16.6 Å². The van der Waals surface area contributed by atoms with Gasteiger partial charge in [-0.05, 0) is 26.0 Å². The van der Waals surface area contributed by atoms with Crippen LogP contribution in [0.4, 0.5) is 0 Å². The highest BCUT2D eigenvalue weighted by atomic mass is 32.2. The van der Waals surface area contributed by atoms with Gasteiger partial charge in [0.2, 0.25) is 10.0 Å². The first-order valence-corrected chi connectivity index (χ1v) is 7.61. The van der Waals surface area contributed by atoms with Crippen LogP contribution in [-0.2, 0) is 23.1 Å². The number of aromatic amines is 1. The number of hydrogen-bond acceptors (Lipinski definition) is 5. The molecule has 0 aliphatic heterocycles. The predicted molar refractivity (Wildman–Crippen MR) is 71.4 cm³/mol. The van der Waals surface area contributed by atoms with Crippen LogP contribution in [0.3, 0.4) is 0 Å². The third-order valence-electron chi connectivity index (χ3n) is 2.82. The summed E-state index contributed by atoms with van der Waals surface area (Å²) in [7, 11) is -3.74. The van der Waals surface area contributed by atoms with E-state index >= 15 is 0 Å². The first kappa shape index (κ1) is 14.8. The van der Waals surface area contributed by atoms with Gasteiger partial charge in [-0.25, -0.2) is 13.1 Å². The summed E-state index contributed by atoms with van der Waals surface area (Å²) in [5.41, 5.74) is 0.506. The van der Waals surface area contributed by atoms with Gasteiger partial charge in [0.15, 0.2) is 0 Å². The second kappa shape index (κ2) is 5.78. The van der Waals surface area contributed by atoms with E-state index in [0.717, 1.165) is 0 Å². The fourth-order valence-corrected chi connectivity index (χ4v) is 3.63. The average Bonchev–Trinajstić information content (AvgIpc) is 2.97. The largest absolute Gasteiger partial charge is 0.469 e. The number of aliphatic hydroxyl groups excluding tert-OH is 1. The fraction of sp³-hybridized carbons (Fsp3) is 0.417. The van der Waals surface area contributed by atoms with Crippen molar-refractivity contribution in [3.63, 3.8) is 0 Å². The number of sulfonamides is 1. The molecule has 0 spiro atoms. The van der Waals surface area contributed by atoms with E-state index in [4.69, 9.17) is 9.52 Å². The Morgan fingerprint density at radius 3 is 2.90 bits per heavy atom. The number of aliphatic hydroxyl groups is 1. The van der Waals surface area contributed by atoms with Gasteiger partial charge in [0.1, 0.15) is 16.3 Å². The van der Waals surface area contributed by atoms with Crippen LogP contribution in [0.25, 0.3) is 0 Å². The molecule has 0 saturated heterocycles. The number of furan rings is 1. The summed E-state index contributed by atoms with van der Waals surface area (Å²) in [5.74, 6) is 0.700. The first-order valence-electron chi connectivity index (χ1n) is 6.13. The highest BCUT2D eigenvalue weighted by Gasteiger charge is 2.25. The number of aromatic nitrogens is 2. The van der Waals surface area contributed by atoms with Gasteiger partial charge in [-0.1, -0.05) is 0 Å². The molecule has 110 valence electrons. The Bertz CT molecular complexity index is 661. The van der Waals surface area contributed by atoms with Crippen molar-refractivity contribution in [1.29, 1.82) is 0 Å². The summed E-state index contributed by atoms with van der Waals surface area (Å²) in [6.45, 7) is 2.90. The number of rotatable bonds is 6.